The zero-order valence-corrected chi connectivity index (χ0v) is 13.8. The molecule has 1 fully saturated rings. The second kappa shape index (κ2) is 6.59. The third-order valence-electron chi connectivity index (χ3n) is 3.98. The molecule has 4 rings (SSSR count). The van der Waals surface area contributed by atoms with Crippen molar-refractivity contribution < 1.29 is 13.9 Å². The van der Waals surface area contributed by atoms with E-state index in [0.717, 1.165) is 48.3 Å². The van der Waals surface area contributed by atoms with Crippen molar-refractivity contribution in [3.05, 3.63) is 47.5 Å². The van der Waals surface area contributed by atoms with E-state index >= 15 is 0 Å². The lowest BCUT2D eigenvalue weighted by molar-refractivity contribution is 0.110. The Hall–Kier alpha value is -2.44. The number of hydrogen-bond donors (Lipinski definition) is 0. The molecule has 0 atom stereocenters. The van der Waals surface area contributed by atoms with E-state index < -0.39 is 0 Å². The van der Waals surface area contributed by atoms with Crippen LogP contribution in [0.2, 0.25) is 0 Å². The Balaban J connectivity index is 1.54. The SMILES string of the molecule is O=Cc1ccc(-c2ccc(-c3csc(N4CCOCC4)n3)cc2)o1. The van der Waals surface area contributed by atoms with Gasteiger partial charge in [-0.2, -0.15) is 0 Å². The van der Waals surface area contributed by atoms with Crippen LogP contribution in [0.15, 0.2) is 46.2 Å². The van der Waals surface area contributed by atoms with Crippen molar-refractivity contribution in [2.75, 3.05) is 31.2 Å². The number of hydrogen-bond acceptors (Lipinski definition) is 6. The molecule has 2 aromatic heterocycles. The fraction of sp³-hybridized carbons (Fsp3) is 0.222. The predicted octanol–water partition coefficient (Wildman–Crippen LogP) is 3.72. The molecule has 0 spiro atoms. The minimum atomic E-state index is 0.337. The molecule has 1 saturated heterocycles. The van der Waals surface area contributed by atoms with Crippen molar-refractivity contribution in [1.82, 2.24) is 4.98 Å². The lowest BCUT2D eigenvalue weighted by Gasteiger charge is -2.26. The van der Waals surface area contributed by atoms with Gasteiger partial charge in [-0.3, -0.25) is 4.79 Å². The van der Waals surface area contributed by atoms with E-state index in [1.807, 2.05) is 24.3 Å². The smallest absolute Gasteiger partial charge is 0.186 e. The third-order valence-corrected chi connectivity index (χ3v) is 4.88. The van der Waals surface area contributed by atoms with Crippen LogP contribution >= 0.6 is 11.3 Å². The van der Waals surface area contributed by atoms with E-state index in [1.54, 1.807) is 23.5 Å². The predicted molar refractivity (Wildman–Crippen MR) is 93.7 cm³/mol. The molecule has 0 aliphatic carbocycles. The van der Waals surface area contributed by atoms with Gasteiger partial charge in [-0.25, -0.2) is 4.98 Å². The van der Waals surface area contributed by atoms with Gasteiger partial charge in [-0.05, 0) is 12.1 Å². The number of nitrogens with zero attached hydrogens (tertiary/aromatic N) is 2. The molecule has 0 radical (unpaired) electrons. The maximum absolute atomic E-state index is 10.7. The summed E-state index contributed by atoms with van der Waals surface area (Å²) in [7, 11) is 0. The van der Waals surface area contributed by atoms with E-state index in [0.29, 0.717) is 17.8 Å². The van der Waals surface area contributed by atoms with E-state index in [9.17, 15) is 4.79 Å². The summed E-state index contributed by atoms with van der Waals surface area (Å²) in [5.74, 6) is 1.03. The topological polar surface area (TPSA) is 55.6 Å². The van der Waals surface area contributed by atoms with Gasteiger partial charge in [-0.15, -0.1) is 11.3 Å². The zero-order valence-electron chi connectivity index (χ0n) is 13.0. The first-order valence-corrected chi connectivity index (χ1v) is 8.65. The summed E-state index contributed by atoms with van der Waals surface area (Å²) in [4.78, 5) is 17.7. The minimum absolute atomic E-state index is 0.337. The maximum atomic E-state index is 10.7. The summed E-state index contributed by atoms with van der Waals surface area (Å²) in [6, 6.07) is 11.5. The van der Waals surface area contributed by atoms with Crippen molar-refractivity contribution in [2.24, 2.45) is 0 Å². The molecule has 0 saturated carbocycles. The third kappa shape index (κ3) is 2.98. The first kappa shape index (κ1) is 15.1. The van der Waals surface area contributed by atoms with Gasteiger partial charge in [0.15, 0.2) is 17.2 Å². The molecule has 0 amide bonds. The molecule has 3 heterocycles. The summed E-state index contributed by atoms with van der Waals surface area (Å²) in [5.41, 5.74) is 2.98. The Morgan fingerprint density at radius 1 is 1.04 bits per heavy atom. The van der Waals surface area contributed by atoms with Gasteiger partial charge in [0, 0.05) is 29.6 Å². The Bertz CT molecular complexity index is 832. The fourth-order valence-electron chi connectivity index (χ4n) is 2.67. The number of ether oxygens (including phenoxy) is 1. The van der Waals surface area contributed by atoms with Crippen LogP contribution in [0.1, 0.15) is 10.6 Å². The average molecular weight is 340 g/mol. The average Bonchev–Trinajstić information content (AvgIpc) is 3.32. The molecule has 1 aliphatic heterocycles. The minimum Gasteiger partial charge on any atom is -0.453 e. The molecule has 6 heteroatoms. The highest BCUT2D eigenvalue weighted by Gasteiger charge is 2.15. The van der Waals surface area contributed by atoms with Gasteiger partial charge < -0.3 is 14.1 Å². The largest absolute Gasteiger partial charge is 0.453 e. The molecule has 0 N–H and O–H groups in total. The molecular formula is C18H16N2O3S. The van der Waals surface area contributed by atoms with Gasteiger partial charge in [-0.1, -0.05) is 24.3 Å². The number of aromatic nitrogens is 1. The summed E-state index contributed by atoms with van der Waals surface area (Å²) in [6.07, 6.45) is 0.709. The number of rotatable bonds is 4. The molecule has 24 heavy (non-hydrogen) atoms. The van der Waals surface area contributed by atoms with Gasteiger partial charge in [0.2, 0.25) is 0 Å². The van der Waals surface area contributed by atoms with Crippen LogP contribution in [0.5, 0.6) is 0 Å². The summed E-state index contributed by atoms with van der Waals surface area (Å²) in [5, 5.41) is 3.12. The first-order valence-electron chi connectivity index (χ1n) is 7.77. The monoisotopic (exact) mass is 340 g/mol. The quantitative estimate of drug-likeness (QED) is 0.678. The summed E-state index contributed by atoms with van der Waals surface area (Å²) in [6.45, 7) is 3.30. The van der Waals surface area contributed by atoms with Gasteiger partial charge in [0.05, 0.1) is 18.9 Å². The van der Waals surface area contributed by atoms with Gasteiger partial charge >= 0.3 is 0 Å². The molecule has 1 aliphatic rings. The Labute approximate surface area is 143 Å². The normalized spacial score (nSPS) is 14.8. The van der Waals surface area contributed by atoms with Crippen molar-refractivity contribution >= 4 is 22.8 Å². The maximum Gasteiger partial charge on any atom is 0.186 e. The van der Waals surface area contributed by atoms with E-state index in [-0.39, 0.29) is 0 Å². The highest BCUT2D eigenvalue weighted by molar-refractivity contribution is 7.14. The Morgan fingerprint density at radius 2 is 1.79 bits per heavy atom. The molecule has 3 aromatic rings. The van der Waals surface area contributed by atoms with Crippen molar-refractivity contribution in [3.63, 3.8) is 0 Å². The molecule has 0 bridgehead atoms. The van der Waals surface area contributed by atoms with Crippen LogP contribution in [0.4, 0.5) is 5.13 Å². The highest BCUT2D eigenvalue weighted by atomic mass is 32.1. The van der Waals surface area contributed by atoms with Crippen LogP contribution in [-0.2, 0) is 4.74 Å². The van der Waals surface area contributed by atoms with Crippen LogP contribution < -0.4 is 4.90 Å². The van der Waals surface area contributed by atoms with Crippen LogP contribution in [0.3, 0.4) is 0 Å². The second-order valence-corrected chi connectivity index (χ2v) is 6.35. The van der Waals surface area contributed by atoms with Gasteiger partial charge in [0.25, 0.3) is 0 Å². The van der Waals surface area contributed by atoms with E-state index in [1.165, 1.54) is 0 Å². The standard InChI is InChI=1S/C18H16N2O3S/c21-11-15-5-6-17(23-15)14-3-1-13(2-4-14)16-12-24-18(19-16)20-7-9-22-10-8-20/h1-6,11-12H,7-10H2. The second-order valence-electron chi connectivity index (χ2n) is 5.51. The number of anilines is 1. The Kier molecular flexibility index (Phi) is 4.15. The number of benzene rings is 1. The lowest BCUT2D eigenvalue weighted by atomic mass is 10.1. The number of morpholine rings is 1. The Morgan fingerprint density at radius 3 is 2.50 bits per heavy atom. The number of thiazole rings is 1. The van der Waals surface area contributed by atoms with E-state index in [2.05, 4.69) is 10.3 Å². The van der Waals surface area contributed by atoms with Crippen molar-refractivity contribution in [1.29, 1.82) is 0 Å². The van der Waals surface area contributed by atoms with Crippen molar-refractivity contribution in [2.45, 2.75) is 0 Å². The molecule has 0 unspecified atom stereocenters. The number of furan rings is 1. The first-order chi connectivity index (χ1) is 11.8. The summed E-state index contributed by atoms with van der Waals surface area (Å²) < 4.78 is 10.8. The number of carbonyl (C=O) groups is 1. The van der Waals surface area contributed by atoms with Crippen LogP contribution in [0.25, 0.3) is 22.6 Å². The number of aldehydes is 1. The van der Waals surface area contributed by atoms with Crippen molar-refractivity contribution in [3.8, 4) is 22.6 Å². The molecular weight excluding hydrogens is 324 g/mol. The summed E-state index contributed by atoms with van der Waals surface area (Å²) >= 11 is 1.66. The highest BCUT2D eigenvalue weighted by Crippen LogP contribution is 2.30. The van der Waals surface area contributed by atoms with Crippen LogP contribution in [-0.4, -0.2) is 37.6 Å². The molecule has 122 valence electrons. The van der Waals surface area contributed by atoms with Crippen LogP contribution in [0, 0.1) is 0 Å². The fourth-order valence-corrected chi connectivity index (χ4v) is 3.56. The molecule has 5 nitrogen and oxygen atoms in total. The van der Waals surface area contributed by atoms with E-state index in [4.69, 9.17) is 14.1 Å². The molecule has 1 aromatic carbocycles. The lowest BCUT2D eigenvalue weighted by Crippen LogP contribution is -2.36. The zero-order chi connectivity index (χ0) is 16.4. The van der Waals surface area contributed by atoms with Gasteiger partial charge in [0.1, 0.15) is 5.76 Å². The number of carbonyl (C=O) groups excluding carboxylic acids is 1.